The lowest BCUT2D eigenvalue weighted by molar-refractivity contribution is -0.387. The summed E-state index contributed by atoms with van der Waals surface area (Å²) in [5, 5.41) is 15.7. The molecule has 0 fully saturated rings. The number of carbonyl (C=O) groups is 1. The maximum absolute atomic E-state index is 13.3. The second-order valence-corrected chi connectivity index (χ2v) is 8.68. The third-order valence-electron chi connectivity index (χ3n) is 4.23. The summed E-state index contributed by atoms with van der Waals surface area (Å²) in [6, 6.07) is 19.5. The molecule has 0 aromatic heterocycles. The molecule has 0 saturated heterocycles. The van der Waals surface area contributed by atoms with Crippen molar-refractivity contribution in [2.45, 2.75) is 4.90 Å². The van der Waals surface area contributed by atoms with E-state index in [-0.39, 0.29) is 5.69 Å². The van der Waals surface area contributed by atoms with Gasteiger partial charge in [-0.05, 0) is 35.9 Å². The Morgan fingerprint density at radius 2 is 1.66 bits per heavy atom. The fraction of sp³-hybridized carbons (Fsp3) is 0.0476. The van der Waals surface area contributed by atoms with E-state index in [4.69, 9.17) is 11.6 Å². The minimum absolute atomic E-state index is 0.169. The van der Waals surface area contributed by atoms with Gasteiger partial charge in [0.2, 0.25) is 0 Å². The van der Waals surface area contributed by atoms with Gasteiger partial charge in [-0.2, -0.15) is 5.10 Å². The van der Waals surface area contributed by atoms with Crippen LogP contribution in [-0.4, -0.2) is 32.0 Å². The molecule has 0 bridgehead atoms. The number of anilines is 1. The molecule has 0 saturated carbocycles. The number of hydrazone groups is 1. The number of amides is 1. The van der Waals surface area contributed by atoms with Crippen molar-refractivity contribution in [3.63, 3.8) is 0 Å². The van der Waals surface area contributed by atoms with Crippen LogP contribution in [0.25, 0.3) is 0 Å². The van der Waals surface area contributed by atoms with Crippen LogP contribution in [0, 0.1) is 10.1 Å². The van der Waals surface area contributed by atoms with Crippen molar-refractivity contribution < 1.29 is 18.1 Å². The Morgan fingerprint density at radius 3 is 2.31 bits per heavy atom. The summed E-state index contributed by atoms with van der Waals surface area (Å²) in [4.78, 5) is 22.5. The predicted molar refractivity (Wildman–Crippen MR) is 121 cm³/mol. The minimum Gasteiger partial charge on any atom is -0.271 e. The van der Waals surface area contributed by atoms with Gasteiger partial charge in [-0.1, -0.05) is 54.1 Å². The topological polar surface area (TPSA) is 122 Å². The summed E-state index contributed by atoms with van der Waals surface area (Å²) in [6.45, 7) is -0.643. The highest BCUT2D eigenvalue weighted by Gasteiger charge is 2.32. The van der Waals surface area contributed by atoms with Crippen molar-refractivity contribution in [3.05, 3.63) is 99.6 Å². The molecule has 3 rings (SSSR count). The van der Waals surface area contributed by atoms with E-state index in [9.17, 15) is 23.3 Å². The van der Waals surface area contributed by atoms with Gasteiger partial charge in [0.1, 0.15) is 6.54 Å². The number of para-hydroxylation sites is 2. The first kappa shape index (κ1) is 22.9. The van der Waals surface area contributed by atoms with Crippen molar-refractivity contribution in [1.29, 1.82) is 0 Å². The van der Waals surface area contributed by atoms with E-state index in [2.05, 4.69) is 10.5 Å². The van der Waals surface area contributed by atoms with Crippen LogP contribution in [0.15, 0.2) is 88.9 Å². The number of nitro benzene ring substituents is 1. The first-order chi connectivity index (χ1) is 15.3. The number of hydrogen-bond donors (Lipinski definition) is 1. The van der Waals surface area contributed by atoms with Crippen LogP contribution in [0.1, 0.15) is 5.56 Å². The number of nitrogens with zero attached hydrogens (tertiary/aromatic N) is 3. The van der Waals surface area contributed by atoms with E-state index >= 15 is 0 Å². The van der Waals surface area contributed by atoms with Gasteiger partial charge in [-0.15, -0.1) is 0 Å². The normalized spacial score (nSPS) is 11.3. The molecule has 3 aromatic carbocycles. The zero-order valence-electron chi connectivity index (χ0n) is 16.5. The Kier molecular flexibility index (Phi) is 7.18. The van der Waals surface area contributed by atoms with E-state index in [0.717, 1.165) is 16.4 Å². The highest BCUT2D eigenvalue weighted by Crippen LogP contribution is 2.29. The Bertz CT molecular complexity index is 1250. The van der Waals surface area contributed by atoms with Crippen molar-refractivity contribution in [3.8, 4) is 0 Å². The second kappa shape index (κ2) is 10.0. The third-order valence-corrected chi connectivity index (χ3v) is 6.31. The SMILES string of the molecule is O=C(CN(c1ccccc1)S(=O)(=O)c1ccccc1[N+](=O)[O-])N/N=C/c1ccc(Cl)cc1. The molecule has 11 heteroatoms. The molecule has 9 nitrogen and oxygen atoms in total. The van der Waals surface area contributed by atoms with Crippen LogP contribution in [0.4, 0.5) is 11.4 Å². The van der Waals surface area contributed by atoms with Crippen LogP contribution in [0.3, 0.4) is 0 Å². The summed E-state index contributed by atoms with van der Waals surface area (Å²) < 4.78 is 27.4. The first-order valence-corrected chi connectivity index (χ1v) is 11.0. The molecule has 0 radical (unpaired) electrons. The van der Waals surface area contributed by atoms with Gasteiger partial charge in [0.25, 0.3) is 21.6 Å². The fourth-order valence-electron chi connectivity index (χ4n) is 2.75. The van der Waals surface area contributed by atoms with Gasteiger partial charge < -0.3 is 0 Å². The van der Waals surface area contributed by atoms with Gasteiger partial charge in [-0.3, -0.25) is 19.2 Å². The summed E-state index contributed by atoms with van der Waals surface area (Å²) in [7, 11) is -4.44. The number of rotatable bonds is 8. The van der Waals surface area contributed by atoms with Crippen LogP contribution in [0.2, 0.25) is 5.02 Å². The summed E-state index contributed by atoms with van der Waals surface area (Å²) in [5.74, 6) is -0.735. The molecule has 0 unspecified atom stereocenters. The van der Waals surface area contributed by atoms with Gasteiger partial charge >= 0.3 is 0 Å². The molecule has 1 N–H and O–H groups in total. The maximum Gasteiger partial charge on any atom is 0.289 e. The molecule has 1 amide bonds. The van der Waals surface area contributed by atoms with E-state index in [1.807, 2.05) is 0 Å². The average molecular weight is 473 g/mol. The number of nitro groups is 1. The number of nitrogens with one attached hydrogen (secondary N) is 1. The van der Waals surface area contributed by atoms with E-state index < -0.39 is 38.0 Å². The van der Waals surface area contributed by atoms with Gasteiger partial charge in [0.05, 0.1) is 16.8 Å². The quantitative estimate of drug-likeness (QED) is 0.305. The van der Waals surface area contributed by atoms with Crippen LogP contribution in [0.5, 0.6) is 0 Å². The highest BCUT2D eigenvalue weighted by molar-refractivity contribution is 7.93. The molecule has 0 aliphatic rings. The molecule has 0 aliphatic carbocycles. The number of hydrogen-bond acceptors (Lipinski definition) is 6. The van der Waals surface area contributed by atoms with Crippen molar-refractivity contribution in [2.75, 3.05) is 10.8 Å². The summed E-state index contributed by atoms with van der Waals surface area (Å²) >= 11 is 5.82. The fourth-order valence-corrected chi connectivity index (χ4v) is 4.45. The second-order valence-electron chi connectivity index (χ2n) is 6.42. The van der Waals surface area contributed by atoms with Crippen molar-refractivity contribution >= 4 is 45.1 Å². The van der Waals surface area contributed by atoms with Crippen molar-refractivity contribution in [1.82, 2.24) is 5.43 Å². The highest BCUT2D eigenvalue weighted by atomic mass is 35.5. The van der Waals surface area contributed by atoms with Gasteiger partial charge in [-0.25, -0.2) is 13.8 Å². The maximum atomic E-state index is 13.3. The molecule has 0 heterocycles. The summed E-state index contributed by atoms with van der Waals surface area (Å²) in [6.07, 6.45) is 1.37. The van der Waals surface area contributed by atoms with Crippen LogP contribution >= 0.6 is 11.6 Å². The van der Waals surface area contributed by atoms with Crippen LogP contribution < -0.4 is 9.73 Å². The largest absolute Gasteiger partial charge is 0.289 e. The van der Waals surface area contributed by atoms with E-state index in [0.29, 0.717) is 10.6 Å². The average Bonchev–Trinajstić information content (AvgIpc) is 2.79. The molecule has 164 valence electrons. The van der Waals surface area contributed by atoms with Gasteiger partial charge in [0, 0.05) is 11.1 Å². The number of benzene rings is 3. The molecule has 3 aromatic rings. The standard InChI is InChI=1S/C21H17ClN4O5S/c22-17-12-10-16(11-13-17)14-23-24-21(27)15-25(18-6-2-1-3-7-18)32(30,31)20-9-5-4-8-19(20)26(28)29/h1-14H,15H2,(H,24,27)/b23-14+. The lowest BCUT2D eigenvalue weighted by Crippen LogP contribution is -2.39. The molecular weight excluding hydrogens is 456 g/mol. The van der Waals surface area contributed by atoms with Crippen molar-refractivity contribution in [2.24, 2.45) is 5.10 Å². The molecular formula is C21H17ClN4O5S. The third kappa shape index (κ3) is 5.48. The minimum atomic E-state index is -4.44. The first-order valence-electron chi connectivity index (χ1n) is 9.18. The lowest BCUT2D eigenvalue weighted by atomic mass is 10.2. The molecule has 0 aliphatic heterocycles. The van der Waals surface area contributed by atoms with Gasteiger partial charge in [0.15, 0.2) is 4.90 Å². The Hall–Kier alpha value is -3.76. The lowest BCUT2D eigenvalue weighted by Gasteiger charge is -2.23. The van der Waals surface area contributed by atoms with Crippen LogP contribution in [-0.2, 0) is 14.8 Å². The molecule has 32 heavy (non-hydrogen) atoms. The number of carbonyl (C=O) groups excluding carboxylic acids is 1. The Balaban J connectivity index is 1.88. The smallest absolute Gasteiger partial charge is 0.271 e. The zero-order chi connectivity index (χ0) is 23.1. The van der Waals surface area contributed by atoms with E-state index in [1.54, 1.807) is 42.5 Å². The number of halogens is 1. The predicted octanol–water partition coefficient (Wildman–Crippen LogP) is 3.59. The monoisotopic (exact) mass is 472 g/mol. The molecule has 0 spiro atoms. The van der Waals surface area contributed by atoms with E-state index in [1.165, 1.54) is 30.5 Å². The zero-order valence-corrected chi connectivity index (χ0v) is 18.0. The molecule has 0 atom stereocenters. The number of sulfonamides is 1. The Morgan fingerprint density at radius 1 is 1.03 bits per heavy atom. The Labute approximate surface area is 189 Å². The summed E-state index contributed by atoms with van der Waals surface area (Å²) in [5.41, 5.74) is 2.51.